The Morgan fingerprint density at radius 3 is 2.56 bits per heavy atom. The van der Waals surface area contributed by atoms with E-state index in [1.165, 1.54) is 24.8 Å². The Hall–Kier alpha value is -0.890. The Morgan fingerprint density at radius 2 is 1.94 bits per heavy atom. The molecule has 0 aliphatic heterocycles. The number of likely N-dealkylation sites (N-methyl/N-ethyl adjacent to an activating group) is 1. The minimum atomic E-state index is 0.662. The lowest BCUT2D eigenvalue weighted by atomic mass is 9.90. The van der Waals surface area contributed by atoms with Crippen molar-refractivity contribution in [3.05, 3.63) is 30.1 Å². The van der Waals surface area contributed by atoms with E-state index >= 15 is 0 Å². The molecule has 86 valence electrons. The van der Waals surface area contributed by atoms with Crippen LogP contribution >= 0.6 is 0 Å². The smallest absolute Gasteiger partial charge is 0.0270 e. The van der Waals surface area contributed by atoms with Crippen LogP contribution in [0.1, 0.15) is 24.8 Å². The molecule has 2 fully saturated rings. The van der Waals surface area contributed by atoms with Gasteiger partial charge in [-0.05, 0) is 68.2 Å². The Bertz CT molecular complexity index is 339. The third-order valence-electron chi connectivity index (χ3n) is 4.42. The summed E-state index contributed by atoms with van der Waals surface area (Å²) in [6, 6.07) is 4.94. The van der Waals surface area contributed by atoms with Crippen LogP contribution in [0.2, 0.25) is 0 Å². The SMILES string of the molecule is CNC(Cc1ccncc1)C1CC2CC2C1. The van der Waals surface area contributed by atoms with E-state index in [9.17, 15) is 0 Å². The number of aromatic nitrogens is 1. The van der Waals surface area contributed by atoms with Gasteiger partial charge in [0.15, 0.2) is 0 Å². The van der Waals surface area contributed by atoms with E-state index < -0.39 is 0 Å². The molecule has 3 rings (SSSR count). The molecule has 1 aromatic heterocycles. The van der Waals surface area contributed by atoms with E-state index in [2.05, 4.69) is 29.5 Å². The van der Waals surface area contributed by atoms with Crippen LogP contribution in [0.3, 0.4) is 0 Å². The van der Waals surface area contributed by atoms with Crippen LogP contribution in [-0.4, -0.2) is 18.1 Å². The van der Waals surface area contributed by atoms with Crippen molar-refractivity contribution in [1.29, 1.82) is 0 Å². The number of nitrogens with one attached hydrogen (secondary N) is 1. The van der Waals surface area contributed by atoms with E-state index in [1.54, 1.807) is 0 Å². The maximum atomic E-state index is 4.07. The summed E-state index contributed by atoms with van der Waals surface area (Å²) in [4.78, 5) is 4.07. The highest BCUT2D eigenvalue weighted by atomic mass is 14.9. The number of fused-ring (bicyclic) bond motifs is 1. The van der Waals surface area contributed by atoms with Gasteiger partial charge >= 0.3 is 0 Å². The highest BCUT2D eigenvalue weighted by molar-refractivity contribution is 5.12. The zero-order valence-electron chi connectivity index (χ0n) is 9.89. The monoisotopic (exact) mass is 216 g/mol. The van der Waals surface area contributed by atoms with Crippen LogP contribution in [0.25, 0.3) is 0 Å². The van der Waals surface area contributed by atoms with Gasteiger partial charge in [0.2, 0.25) is 0 Å². The van der Waals surface area contributed by atoms with Gasteiger partial charge in [-0.3, -0.25) is 4.98 Å². The summed E-state index contributed by atoms with van der Waals surface area (Å²) in [5.41, 5.74) is 1.41. The van der Waals surface area contributed by atoms with Crippen LogP contribution in [-0.2, 0) is 6.42 Å². The third kappa shape index (κ3) is 1.99. The Kier molecular flexibility index (Phi) is 2.68. The van der Waals surface area contributed by atoms with Crippen molar-refractivity contribution in [1.82, 2.24) is 10.3 Å². The second kappa shape index (κ2) is 4.17. The quantitative estimate of drug-likeness (QED) is 0.835. The van der Waals surface area contributed by atoms with E-state index in [1.807, 2.05) is 12.4 Å². The molecule has 0 aromatic carbocycles. The molecule has 2 aliphatic rings. The first-order chi connectivity index (χ1) is 7.86. The van der Waals surface area contributed by atoms with E-state index in [0.717, 1.165) is 24.2 Å². The fourth-order valence-electron chi connectivity index (χ4n) is 3.37. The lowest BCUT2D eigenvalue weighted by Crippen LogP contribution is -2.35. The molecular weight excluding hydrogens is 196 g/mol. The molecule has 1 N–H and O–H groups in total. The minimum Gasteiger partial charge on any atom is -0.316 e. The van der Waals surface area contributed by atoms with Gasteiger partial charge in [0.1, 0.15) is 0 Å². The molecule has 0 spiro atoms. The second-order valence-electron chi connectivity index (χ2n) is 5.44. The predicted octanol–water partition coefficient (Wildman–Crippen LogP) is 2.26. The van der Waals surface area contributed by atoms with Crippen LogP contribution in [0.5, 0.6) is 0 Å². The van der Waals surface area contributed by atoms with Crippen molar-refractivity contribution in [2.45, 2.75) is 31.7 Å². The second-order valence-corrected chi connectivity index (χ2v) is 5.44. The molecule has 3 atom stereocenters. The molecule has 0 amide bonds. The molecular formula is C14H20N2. The normalized spacial score (nSPS) is 33.4. The highest BCUT2D eigenvalue weighted by Crippen LogP contribution is 2.55. The summed E-state index contributed by atoms with van der Waals surface area (Å²) in [7, 11) is 2.11. The van der Waals surface area contributed by atoms with Gasteiger partial charge in [-0.1, -0.05) is 0 Å². The molecule has 3 unspecified atom stereocenters. The first kappa shape index (κ1) is 10.3. The predicted molar refractivity (Wildman–Crippen MR) is 65.1 cm³/mol. The van der Waals surface area contributed by atoms with Crippen LogP contribution in [0.4, 0.5) is 0 Å². The molecule has 1 aromatic rings. The van der Waals surface area contributed by atoms with Crippen molar-refractivity contribution in [2.24, 2.45) is 17.8 Å². The highest BCUT2D eigenvalue weighted by Gasteiger charge is 2.47. The van der Waals surface area contributed by atoms with Crippen LogP contribution in [0, 0.1) is 17.8 Å². The van der Waals surface area contributed by atoms with Gasteiger partial charge in [-0.2, -0.15) is 0 Å². The van der Waals surface area contributed by atoms with Gasteiger partial charge in [0, 0.05) is 18.4 Å². The van der Waals surface area contributed by atoms with Gasteiger partial charge in [0.25, 0.3) is 0 Å². The Balaban J connectivity index is 1.63. The molecule has 0 radical (unpaired) electrons. The Morgan fingerprint density at radius 1 is 1.25 bits per heavy atom. The molecule has 2 saturated carbocycles. The van der Waals surface area contributed by atoms with Gasteiger partial charge < -0.3 is 5.32 Å². The lowest BCUT2D eigenvalue weighted by Gasteiger charge is -2.24. The van der Waals surface area contributed by atoms with Gasteiger partial charge in [-0.15, -0.1) is 0 Å². The fourth-order valence-corrected chi connectivity index (χ4v) is 3.37. The first-order valence-electron chi connectivity index (χ1n) is 6.43. The number of pyridine rings is 1. The number of hydrogen-bond donors (Lipinski definition) is 1. The molecule has 2 aliphatic carbocycles. The maximum absolute atomic E-state index is 4.07. The number of rotatable bonds is 4. The van der Waals surface area contributed by atoms with Crippen LogP contribution in [0.15, 0.2) is 24.5 Å². The summed E-state index contributed by atoms with van der Waals surface area (Å²) in [6.07, 6.45) is 9.39. The summed E-state index contributed by atoms with van der Waals surface area (Å²) < 4.78 is 0. The molecule has 2 heteroatoms. The molecule has 0 bridgehead atoms. The van der Waals surface area contributed by atoms with Crippen molar-refractivity contribution >= 4 is 0 Å². The zero-order valence-corrected chi connectivity index (χ0v) is 9.89. The molecule has 16 heavy (non-hydrogen) atoms. The van der Waals surface area contributed by atoms with E-state index in [0.29, 0.717) is 6.04 Å². The van der Waals surface area contributed by atoms with E-state index in [-0.39, 0.29) is 0 Å². The topological polar surface area (TPSA) is 24.9 Å². The van der Waals surface area contributed by atoms with Crippen molar-refractivity contribution in [3.8, 4) is 0 Å². The van der Waals surface area contributed by atoms with Crippen LogP contribution < -0.4 is 5.32 Å². The molecule has 1 heterocycles. The summed E-state index contributed by atoms with van der Waals surface area (Å²) >= 11 is 0. The first-order valence-corrected chi connectivity index (χ1v) is 6.43. The zero-order chi connectivity index (χ0) is 11.0. The fraction of sp³-hybridized carbons (Fsp3) is 0.643. The maximum Gasteiger partial charge on any atom is 0.0270 e. The minimum absolute atomic E-state index is 0.662. The standard InChI is InChI=1S/C14H20N2/c1-15-14(6-10-2-4-16-5-3-10)13-8-11-7-12(11)9-13/h2-5,11-15H,6-9H2,1H3. The third-order valence-corrected chi connectivity index (χ3v) is 4.42. The van der Waals surface area contributed by atoms with Crippen molar-refractivity contribution in [3.63, 3.8) is 0 Å². The Labute approximate surface area is 97.5 Å². The van der Waals surface area contributed by atoms with Gasteiger partial charge in [-0.25, -0.2) is 0 Å². The molecule has 0 saturated heterocycles. The lowest BCUT2D eigenvalue weighted by molar-refractivity contribution is 0.349. The van der Waals surface area contributed by atoms with Gasteiger partial charge in [0.05, 0.1) is 0 Å². The van der Waals surface area contributed by atoms with E-state index in [4.69, 9.17) is 0 Å². The van der Waals surface area contributed by atoms with Crippen molar-refractivity contribution < 1.29 is 0 Å². The summed E-state index contributed by atoms with van der Waals surface area (Å²) in [5, 5.41) is 3.51. The summed E-state index contributed by atoms with van der Waals surface area (Å²) in [5.74, 6) is 3.07. The number of nitrogens with zero attached hydrogens (tertiary/aromatic N) is 1. The average Bonchev–Trinajstić information content (AvgIpc) is 2.94. The average molecular weight is 216 g/mol. The summed E-state index contributed by atoms with van der Waals surface area (Å²) in [6.45, 7) is 0. The van der Waals surface area contributed by atoms with Crippen molar-refractivity contribution in [2.75, 3.05) is 7.05 Å². The number of hydrogen-bond acceptors (Lipinski definition) is 2. The molecule has 2 nitrogen and oxygen atoms in total. The largest absolute Gasteiger partial charge is 0.316 e.